The number of benzene rings is 1. The quantitative estimate of drug-likeness (QED) is 0.813. The molecule has 0 aliphatic heterocycles. The van der Waals surface area contributed by atoms with E-state index in [0.717, 1.165) is 22.6 Å². The van der Waals surface area contributed by atoms with Crippen LogP contribution in [0.15, 0.2) is 12.1 Å². The molecule has 1 rings (SSSR count). The summed E-state index contributed by atoms with van der Waals surface area (Å²) < 4.78 is 5.28. The molecule has 4 nitrogen and oxygen atoms in total. The van der Waals surface area contributed by atoms with E-state index in [4.69, 9.17) is 10.5 Å². The first-order valence-electron chi connectivity index (χ1n) is 5.24. The number of carbonyl (C=O) groups excluding carboxylic acids is 1. The van der Waals surface area contributed by atoms with Gasteiger partial charge in [-0.1, -0.05) is 6.07 Å². The molecule has 0 radical (unpaired) electrons. The Morgan fingerprint density at radius 1 is 1.44 bits per heavy atom. The van der Waals surface area contributed by atoms with Gasteiger partial charge in [0.05, 0.1) is 7.11 Å². The second kappa shape index (κ2) is 5.51. The van der Waals surface area contributed by atoms with Crippen molar-refractivity contribution in [3.05, 3.63) is 23.3 Å². The number of ether oxygens (including phenoxy) is 1. The number of carbonyl (C=O) groups is 1. The van der Waals surface area contributed by atoms with Crippen molar-refractivity contribution < 1.29 is 9.53 Å². The van der Waals surface area contributed by atoms with Gasteiger partial charge in [0.15, 0.2) is 0 Å². The van der Waals surface area contributed by atoms with Crippen molar-refractivity contribution in [1.29, 1.82) is 0 Å². The summed E-state index contributed by atoms with van der Waals surface area (Å²) in [5.41, 5.74) is 8.08. The first-order valence-corrected chi connectivity index (χ1v) is 5.24. The second-order valence-electron chi connectivity index (χ2n) is 3.68. The van der Waals surface area contributed by atoms with Gasteiger partial charge in [-0.3, -0.25) is 4.79 Å². The van der Waals surface area contributed by atoms with Crippen LogP contribution in [0.5, 0.6) is 5.75 Å². The van der Waals surface area contributed by atoms with E-state index in [1.54, 1.807) is 7.11 Å². The normalized spacial score (nSPS) is 10.0. The summed E-state index contributed by atoms with van der Waals surface area (Å²) >= 11 is 0. The zero-order valence-corrected chi connectivity index (χ0v) is 9.96. The maximum Gasteiger partial charge on any atom is 0.225 e. The summed E-state index contributed by atoms with van der Waals surface area (Å²) in [7, 11) is 1.63. The average Bonchev–Trinajstić information content (AvgIpc) is 2.23. The third-order valence-electron chi connectivity index (χ3n) is 2.45. The predicted octanol–water partition coefficient (Wildman–Crippen LogP) is 1.60. The van der Waals surface area contributed by atoms with E-state index >= 15 is 0 Å². The molecule has 0 bridgehead atoms. The van der Waals surface area contributed by atoms with Crippen LogP contribution in [0, 0.1) is 13.8 Å². The summed E-state index contributed by atoms with van der Waals surface area (Å²) in [4.78, 5) is 11.4. The Kier molecular flexibility index (Phi) is 4.31. The van der Waals surface area contributed by atoms with Crippen molar-refractivity contribution in [1.82, 2.24) is 0 Å². The van der Waals surface area contributed by atoms with E-state index < -0.39 is 0 Å². The fourth-order valence-electron chi connectivity index (χ4n) is 1.62. The average molecular weight is 222 g/mol. The number of aryl methyl sites for hydroxylation is 1. The Morgan fingerprint density at radius 2 is 2.12 bits per heavy atom. The van der Waals surface area contributed by atoms with E-state index in [1.807, 2.05) is 26.0 Å². The van der Waals surface area contributed by atoms with Crippen LogP contribution in [0.25, 0.3) is 0 Å². The highest BCUT2D eigenvalue weighted by Crippen LogP contribution is 2.29. The minimum Gasteiger partial charge on any atom is -0.496 e. The highest BCUT2D eigenvalue weighted by Gasteiger charge is 2.09. The molecule has 0 saturated carbocycles. The highest BCUT2D eigenvalue weighted by molar-refractivity contribution is 5.92. The van der Waals surface area contributed by atoms with Gasteiger partial charge in [-0.15, -0.1) is 0 Å². The molecule has 1 aromatic rings. The lowest BCUT2D eigenvalue weighted by molar-refractivity contribution is -0.116. The maximum absolute atomic E-state index is 11.4. The third kappa shape index (κ3) is 2.73. The lowest BCUT2D eigenvalue weighted by Gasteiger charge is -2.13. The summed E-state index contributed by atoms with van der Waals surface area (Å²) in [6, 6.07) is 3.80. The van der Waals surface area contributed by atoms with Crippen LogP contribution in [0.1, 0.15) is 17.5 Å². The molecular weight excluding hydrogens is 204 g/mol. The fourth-order valence-corrected chi connectivity index (χ4v) is 1.62. The largest absolute Gasteiger partial charge is 0.496 e. The summed E-state index contributed by atoms with van der Waals surface area (Å²) in [6.07, 6.45) is 0.329. The minimum atomic E-state index is -0.0727. The van der Waals surface area contributed by atoms with Gasteiger partial charge in [-0.05, 0) is 25.5 Å². The van der Waals surface area contributed by atoms with Crippen molar-refractivity contribution in [3.63, 3.8) is 0 Å². The lowest BCUT2D eigenvalue weighted by atomic mass is 10.1. The molecule has 88 valence electrons. The number of nitrogens with two attached hydrogens (primary N) is 1. The van der Waals surface area contributed by atoms with Gasteiger partial charge >= 0.3 is 0 Å². The number of methoxy groups -OCH3 is 1. The van der Waals surface area contributed by atoms with Gasteiger partial charge in [-0.2, -0.15) is 0 Å². The summed E-state index contributed by atoms with van der Waals surface area (Å²) in [5.74, 6) is 0.738. The molecule has 0 atom stereocenters. The van der Waals surface area contributed by atoms with Gasteiger partial charge in [0.25, 0.3) is 0 Å². The molecule has 0 fully saturated rings. The molecular formula is C12H18N2O2. The Balaban J connectivity index is 2.93. The van der Waals surface area contributed by atoms with Crippen molar-refractivity contribution in [2.75, 3.05) is 19.0 Å². The molecule has 0 saturated heterocycles. The zero-order valence-electron chi connectivity index (χ0n) is 9.96. The topological polar surface area (TPSA) is 64.3 Å². The molecule has 16 heavy (non-hydrogen) atoms. The second-order valence-corrected chi connectivity index (χ2v) is 3.68. The molecule has 1 amide bonds. The van der Waals surface area contributed by atoms with E-state index in [0.29, 0.717) is 13.0 Å². The van der Waals surface area contributed by atoms with E-state index in [-0.39, 0.29) is 5.91 Å². The van der Waals surface area contributed by atoms with E-state index in [2.05, 4.69) is 5.32 Å². The molecule has 0 aromatic heterocycles. The van der Waals surface area contributed by atoms with Crippen molar-refractivity contribution in [2.24, 2.45) is 5.73 Å². The predicted molar refractivity (Wildman–Crippen MR) is 64.8 cm³/mol. The SMILES string of the molecule is COc1c(C)ccc(NC(=O)CCN)c1C. The van der Waals surface area contributed by atoms with Gasteiger partial charge in [-0.25, -0.2) is 0 Å². The van der Waals surface area contributed by atoms with Gasteiger partial charge in [0, 0.05) is 24.2 Å². The van der Waals surface area contributed by atoms with E-state index in [1.165, 1.54) is 0 Å². The molecule has 0 heterocycles. The van der Waals surface area contributed by atoms with Crippen LogP contribution in [0.2, 0.25) is 0 Å². The Hall–Kier alpha value is -1.55. The summed E-state index contributed by atoms with van der Waals surface area (Å²) in [6.45, 7) is 4.25. The first-order chi connectivity index (χ1) is 7.60. The number of rotatable bonds is 4. The monoisotopic (exact) mass is 222 g/mol. The van der Waals surface area contributed by atoms with Crippen molar-refractivity contribution in [3.8, 4) is 5.75 Å². The lowest BCUT2D eigenvalue weighted by Crippen LogP contribution is -2.17. The molecule has 4 heteroatoms. The van der Waals surface area contributed by atoms with Crippen LogP contribution >= 0.6 is 0 Å². The standard InChI is InChI=1S/C12H18N2O2/c1-8-4-5-10(9(2)12(8)16-3)14-11(15)6-7-13/h4-5H,6-7,13H2,1-3H3,(H,14,15). The van der Waals surface area contributed by atoms with Crippen LogP contribution in [-0.4, -0.2) is 19.6 Å². The van der Waals surface area contributed by atoms with Crippen LogP contribution in [0.4, 0.5) is 5.69 Å². The van der Waals surface area contributed by atoms with Gasteiger partial charge < -0.3 is 15.8 Å². The number of nitrogens with one attached hydrogen (secondary N) is 1. The molecule has 3 N–H and O–H groups in total. The molecule has 0 spiro atoms. The Morgan fingerprint density at radius 3 is 2.69 bits per heavy atom. The molecule has 0 aliphatic rings. The van der Waals surface area contributed by atoms with Crippen LogP contribution in [0.3, 0.4) is 0 Å². The van der Waals surface area contributed by atoms with Crippen LogP contribution in [-0.2, 0) is 4.79 Å². The Bertz CT molecular complexity index is 389. The number of hydrogen-bond acceptors (Lipinski definition) is 3. The van der Waals surface area contributed by atoms with E-state index in [9.17, 15) is 4.79 Å². The smallest absolute Gasteiger partial charge is 0.225 e. The molecule has 0 unspecified atom stereocenters. The highest BCUT2D eigenvalue weighted by atomic mass is 16.5. The zero-order chi connectivity index (χ0) is 12.1. The first kappa shape index (κ1) is 12.5. The maximum atomic E-state index is 11.4. The Labute approximate surface area is 95.8 Å². The third-order valence-corrected chi connectivity index (χ3v) is 2.45. The van der Waals surface area contributed by atoms with Crippen LogP contribution < -0.4 is 15.8 Å². The number of hydrogen-bond donors (Lipinski definition) is 2. The van der Waals surface area contributed by atoms with Crippen molar-refractivity contribution in [2.45, 2.75) is 20.3 Å². The molecule has 0 aliphatic carbocycles. The van der Waals surface area contributed by atoms with Gasteiger partial charge in [0.1, 0.15) is 5.75 Å². The minimum absolute atomic E-state index is 0.0727. The van der Waals surface area contributed by atoms with Crippen molar-refractivity contribution >= 4 is 11.6 Å². The molecule has 1 aromatic carbocycles. The number of amides is 1. The van der Waals surface area contributed by atoms with Gasteiger partial charge in [0.2, 0.25) is 5.91 Å². The fraction of sp³-hybridized carbons (Fsp3) is 0.417. The summed E-state index contributed by atoms with van der Waals surface area (Å²) in [5, 5.41) is 2.81. The number of anilines is 1.